The van der Waals surface area contributed by atoms with E-state index >= 15 is 0 Å². The number of methoxy groups -OCH3 is 1. The van der Waals surface area contributed by atoms with Crippen LogP contribution in [0.4, 0.5) is 11.4 Å². The average Bonchev–Trinajstić information content (AvgIpc) is 2.54. The molecule has 2 aromatic carbocycles. The first-order valence-electron chi connectivity index (χ1n) is 6.39. The summed E-state index contributed by atoms with van der Waals surface area (Å²) in [6.07, 6.45) is 0. The number of hydrogen-bond donors (Lipinski definition) is 1. The highest BCUT2D eigenvalue weighted by atomic mass is 16.6. The molecular weight excluding hydrogens is 288 g/mol. The number of nitrogens with one attached hydrogen (secondary N) is 1. The first kappa shape index (κ1) is 15.3. The Morgan fingerprint density at radius 1 is 1.18 bits per heavy atom. The minimum atomic E-state index is -0.524. The molecule has 7 heteroatoms. The Morgan fingerprint density at radius 2 is 1.91 bits per heavy atom. The van der Waals surface area contributed by atoms with E-state index in [0.29, 0.717) is 11.4 Å². The van der Waals surface area contributed by atoms with Crippen LogP contribution in [0.25, 0.3) is 0 Å². The summed E-state index contributed by atoms with van der Waals surface area (Å²) in [5.41, 5.74) is 0.515. The Bertz CT molecular complexity index is 670. The van der Waals surface area contributed by atoms with E-state index < -0.39 is 4.92 Å². The Morgan fingerprint density at radius 3 is 2.55 bits per heavy atom. The van der Waals surface area contributed by atoms with Gasteiger partial charge in [0.1, 0.15) is 11.5 Å². The van der Waals surface area contributed by atoms with Crippen molar-refractivity contribution in [3.8, 4) is 11.5 Å². The van der Waals surface area contributed by atoms with Gasteiger partial charge in [-0.3, -0.25) is 14.9 Å². The summed E-state index contributed by atoms with van der Waals surface area (Å²) < 4.78 is 10.3. The first-order chi connectivity index (χ1) is 10.6. The van der Waals surface area contributed by atoms with Gasteiger partial charge in [0, 0.05) is 11.8 Å². The van der Waals surface area contributed by atoms with Crippen LogP contribution in [0.2, 0.25) is 0 Å². The van der Waals surface area contributed by atoms with Crippen molar-refractivity contribution in [2.75, 3.05) is 19.0 Å². The molecule has 7 nitrogen and oxygen atoms in total. The van der Waals surface area contributed by atoms with Crippen LogP contribution in [0.15, 0.2) is 48.5 Å². The summed E-state index contributed by atoms with van der Waals surface area (Å²) in [5, 5.41) is 13.3. The van der Waals surface area contributed by atoms with Crippen molar-refractivity contribution >= 4 is 17.3 Å². The molecule has 0 radical (unpaired) electrons. The Balaban J connectivity index is 1.89. The fraction of sp³-hybridized carbons (Fsp3) is 0.133. The highest BCUT2D eigenvalue weighted by Gasteiger charge is 2.08. The van der Waals surface area contributed by atoms with Gasteiger partial charge >= 0.3 is 0 Å². The predicted molar refractivity (Wildman–Crippen MR) is 80.2 cm³/mol. The summed E-state index contributed by atoms with van der Waals surface area (Å²) in [6.45, 7) is -0.243. The van der Waals surface area contributed by atoms with Crippen LogP contribution >= 0.6 is 0 Å². The second-order valence-corrected chi connectivity index (χ2v) is 4.32. The summed E-state index contributed by atoms with van der Waals surface area (Å²) in [6, 6.07) is 12.5. The number of carbonyl (C=O) groups is 1. The molecule has 0 fully saturated rings. The predicted octanol–water partition coefficient (Wildman–Crippen LogP) is 2.62. The zero-order valence-electron chi connectivity index (χ0n) is 11.8. The number of non-ortho nitro benzene ring substituents is 1. The highest BCUT2D eigenvalue weighted by molar-refractivity contribution is 5.91. The van der Waals surface area contributed by atoms with Crippen LogP contribution in [-0.4, -0.2) is 24.5 Å². The lowest BCUT2D eigenvalue weighted by atomic mass is 10.3. The lowest BCUT2D eigenvalue weighted by Gasteiger charge is -2.08. The first-order valence-corrected chi connectivity index (χ1v) is 6.39. The standard InChI is InChI=1S/C15H14N2O5/c1-21-13-7-5-11(6-8-13)16-15(18)10-22-14-4-2-3-12(9-14)17(19)20/h2-9H,10H2,1H3,(H,16,18). The molecule has 0 atom stereocenters. The fourth-order valence-corrected chi connectivity index (χ4v) is 1.71. The Hall–Kier alpha value is -3.09. The minimum absolute atomic E-state index is 0.0898. The summed E-state index contributed by atoms with van der Waals surface area (Å²) in [7, 11) is 1.56. The number of ether oxygens (including phenoxy) is 2. The van der Waals surface area contributed by atoms with Gasteiger partial charge in [-0.15, -0.1) is 0 Å². The smallest absolute Gasteiger partial charge is 0.273 e. The third kappa shape index (κ3) is 4.20. The maximum absolute atomic E-state index is 11.8. The maximum Gasteiger partial charge on any atom is 0.273 e. The highest BCUT2D eigenvalue weighted by Crippen LogP contribution is 2.19. The van der Waals surface area contributed by atoms with E-state index in [1.54, 1.807) is 37.4 Å². The van der Waals surface area contributed by atoms with Crippen LogP contribution < -0.4 is 14.8 Å². The number of nitro benzene ring substituents is 1. The molecule has 0 spiro atoms. The molecule has 0 unspecified atom stereocenters. The molecule has 0 aromatic heterocycles. The molecule has 0 aliphatic heterocycles. The van der Waals surface area contributed by atoms with E-state index in [2.05, 4.69) is 5.32 Å². The van der Waals surface area contributed by atoms with Crippen molar-refractivity contribution in [1.29, 1.82) is 0 Å². The van der Waals surface area contributed by atoms with Crippen LogP contribution in [-0.2, 0) is 4.79 Å². The third-order valence-corrected chi connectivity index (χ3v) is 2.77. The fourth-order valence-electron chi connectivity index (χ4n) is 1.71. The van der Waals surface area contributed by atoms with Gasteiger partial charge in [0.25, 0.3) is 11.6 Å². The minimum Gasteiger partial charge on any atom is -0.497 e. The lowest BCUT2D eigenvalue weighted by Crippen LogP contribution is -2.20. The molecule has 0 bridgehead atoms. The molecule has 2 aromatic rings. The van der Waals surface area contributed by atoms with Crippen molar-refractivity contribution in [2.24, 2.45) is 0 Å². The molecule has 0 saturated carbocycles. The van der Waals surface area contributed by atoms with Gasteiger partial charge in [0.05, 0.1) is 18.1 Å². The summed E-state index contributed by atoms with van der Waals surface area (Å²) in [4.78, 5) is 21.9. The van der Waals surface area contributed by atoms with E-state index in [1.807, 2.05) is 0 Å². The monoisotopic (exact) mass is 302 g/mol. The molecular formula is C15H14N2O5. The van der Waals surface area contributed by atoms with Gasteiger partial charge in [0.15, 0.2) is 6.61 Å². The van der Waals surface area contributed by atoms with Crippen molar-refractivity contribution in [2.45, 2.75) is 0 Å². The van der Waals surface area contributed by atoms with Gasteiger partial charge < -0.3 is 14.8 Å². The van der Waals surface area contributed by atoms with E-state index in [-0.39, 0.29) is 24.0 Å². The number of anilines is 1. The van der Waals surface area contributed by atoms with Gasteiger partial charge in [-0.2, -0.15) is 0 Å². The molecule has 0 saturated heterocycles. The second-order valence-electron chi connectivity index (χ2n) is 4.32. The van der Waals surface area contributed by atoms with E-state index in [0.717, 1.165) is 0 Å². The number of nitro groups is 1. The Kier molecular flexibility index (Phi) is 4.92. The van der Waals surface area contributed by atoms with Crippen LogP contribution in [0, 0.1) is 10.1 Å². The quantitative estimate of drug-likeness (QED) is 0.654. The van der Waals surface area contributed by atoms with Gasteiger partial charge in [0.2, 0.25) is 0 Å². The van der Waals surface area contributed by atoms with Gasteiger partial charge in [-0.05, 0) is 30.3 Å². The van der Waals surface area contributed by atoms with Crippen molar-refractivity contribution < 1.29 is 19.2 Å². The van der Waals surface area contributed by atoms with Crippen LogP contribution in [0.1, 0.15) is 0 Å². The number of hydrogen-bond acceptors (Lipinski definition) is 5. The summed E-state index contributed by atoms with van der Waals surface area (Å²) in [5.74, 6) is 0.585. The van der Waals surface area contributed by atoms with Gasteiger partial charge in [-0.1, -0.05) is 6.07 Å². The molecule has 22 heavy (non-hydrogen) atoms. The normalized spacial score (nSPS) is 9.86. The maximum atomic E-state index is 11.8. The SMILES string of the molecule is COc1ccc(NC(=O)COc2cccc([N+](=O)[O-])c2)cc1. The van der Waals surface area contributed by atoms with Crippen LogP contribution in [0.5, 0.6) is 11.5 Å². The molecule has 0 heterocycles. The second kappa shape index (κ2) is 7.07. The number of nitrogens with zero attached hydrogens (tertiary/aromatic N) is 1. The number of carbonyl (C=O) groups excluding carboxylic acids is 1. The Labute approximate surface area is 126 Å². The topological polar surface area (TPSA) is 90.7 Å². The number of benzene rings is 2. The van der Waals surface area contributed by atoms with E-state index in [4.69, 9.17) is 9.47 Å². The van der Waals surface area contributed by atoms with Crippen molar-refractivity contribution in [3.05, 3.63) is 58.6 Å². The van der Waals surface area contributed by atoms with E-state index in [9.17, 15) is 14.9 Å². The average molecular weight is 302 g/mol. The zero-order valence-corrected chi connectivity index (χ0v) is 11.8. The zero-order chi connectivity index (χ0) is 15.9. The van der Waals surface area contributed by atoms with Crippen molar-refractivity contribution in [1.82, 2.24) is 0 Å². The molecule has 2 rings (SSSR count). The molecule has 1 N–H and O–H groups in total. The van der Waals surface area contributed by atoms with E-state index in [1.165, 1.54) is 18.2 Å². The number of rotatable bonds is 6. The lowest BCUT2D eigenvalue weighted by molar-refractivity contribution is -0.384. The van der Waals surface area contributed by atoms with Crippen molar-refractivity contribution in [3.63, 3.8) is 0 Å². The largest absolute Gasteiger partial charge is 0.497 e. The molecule has 1 amide bonds. The number of amides is 1. The molecule has 0 aliphatic rings. The molecule has 114 valence electrons. The third-order valence-electron chi connectivity index (χ3n) is 2.77. The molecule has 0 aliphatic carbocycles. The van der Waals surface area contributed by atoms with Gasteiger partial charge in [-0.25, -0.2) is 0 Å². The van der Waals surface area contributed by atoms with Crippen LogP contribution in [0.3, 0.4) is 0 Å². The summed E-state index contributed by atoms with van der Waals surface area (Å²) >= 11 is 0.